The van der Waals surface area contributed by atoms with Crippen molar-refractivity contribution in [3.05, 3.63) is 28.2 Å². The van der Waals surface area contributed by atoms with Crippen LogP contribution in [0.15, 0.2) is 18.2 Å². The molecule has 0 aromatic heterocycles. The summed E-state index contributed by atoms with van der Waals surface area (Å²) in [5.41, 5.74) is -0.775. The molecular weight excluding hydrogens is 351 g/mol. The van der Waals surface area contributed by atoms with Crippen molar-refractivity contribution in [1.82, 2.24) is 10.2 Å². The molecule has 24 heavy (non-hydrogen) atoms. The minimum absolute atomic E-state index is 0.136. The molecule has 0 aliphatic carbocycles. The summed E-state index contributed by atoms with van der Waals surface area (Å²) in [6, 6.07) is 4.70. The van der Waals surface area contributed by atoms with Gasteiger partial charge >= 0.3 is 6.03 Å². The molecule has 0 saturated carbocycles. The van der Waals surface area contributed by atoms with Gasteiger partial charge in [0.2, 0.25) is 0 Å². The fourth-order valence-corrected chi connectivity index (χ4v) is 3.56. The number of carbonyl (C=O) groups is 2. The van der Waals surface area contributed by atoms with Crippen LogP contribution < -0.4 is 10.1 Å². The van der Waals surface area contributed by atoms with E-state index in [4.69, 9.17) is 27.9 Å². The topological polar surface area (TPSA) is 58.6 Å². The zero-order valence-corrected chi connectivity index (χ0v) is 15.4. The van der Waals surface area contributed by atoms with Crippen LogP contribution in [0, 0.1) is 0 Å². The molecular formula is C17H22Cl2N2O3. The lowest BCUT2D eigenvalue weighted by Crippen LogP contribution is -2.47. The van der Waals surface area contributed by atoms with Crippen molar-refractivity contribution in [2.75, 3.05) is 13.2 Å². The van der Waals surface area contributed by atoms with E-state index < -0.39 is 5.54 Å². The monoisotopic (exact) mass is 372 g/mol. The Bertz CT molecular complexity index is 596. The molecule has 2 rings (SSSR count). The number of para-hydroxylation sites is 1. The van der Waals surface area contributed by atoms with E-state index in [0.29, 0.717) is 28.6 Å². The molecule has 1 saturated heterocycles. The number of nitrogens with zero attached hydrogens (tertiary/aromatic N) is 1. The van der Waals surface area contributed by atoms with Gasteiger partial charge in [-0.05, 0) is 25.0 Å². The lowest BCUT2D eigenvalue weighted by Gasteiger charge is -2.25. The highest BCUT2D eigenvalue weighted by Crippen LogP contribution is 2.32. The number of imide groups is 1. The van der Waals surface area contributed by atoms with Gasteiger partial charge in [0, 0.05) is 0 Å². The molecule has 1 aromatic carbocycles. The van der Waals surface area contributed by atoms with Crippen molar-refractivity contribution in [3.8, 4) is 5.75 Å². The summed E-state index contributed by atoms with van der Waals surface area (Å²) in [5, 5.41) is 3.66. The number of halogens is 2. The zero-order valence-electron chi connectivity index (χ0n) is 13.9. The third kappa shape index (κ3) is 3.78. The molecule has 1 N–H and O–H groups in total. The first-order valence-electron chi connectivity index (χ1n) is 8.16. The summed E-state index contributed by atoms with van der Waals surface area (Å²) < 4.78 is 5.58. The van der Waals surface area contributed by atoms with Crippen molar-refractivity contribution in [3.63, 3.8) is 0 Å². The van der Waals surface area contributed by atoms with Gasteiger partial charge in [-0.1, -0.05) is 56.0 Å². The predicted octanol–water partition coefficient (Wildman–Crippen LogP) is 4.26. The minimum atomic E-state index is -0.775. The maximum absolute atomic E-state index is 12.7. The van der Waals surface area contributed by atoms with Crippen molar-refractivity contribution in [2.24, 2.45) is 0 Å². The lowest BCUT2D eigenvalue weighted by atomic mass is 9.88. The van der Waals surface area contributed by atoms with Gasteiger partial charge < -0.3 is 10.1 Å². The van der Waals surface area contributed by atoms with E-state index >= 15 is 0 Å². The van der Waals surface area contributed by atoms with Crippen molar-refractivity contribution < 1.29 is 14.3 Å². The highest BCUT2D eigenvalue weighted by Gasteiger charge is 2.49. The van der Waals surface area contributed by atoms with Crippen LogP contribution >= 0.6 is 23.2 Å². The van der Waals surface area contributed by atoms with Crippen molar-refractivity contribution >= 4 is 35.1 Å². The molecule has 1 aliphatic rings. The van der Waals surface area contributed by atoms with Gasteiger partial charge in [0.25, 0.3) is 5.91 Å². The number of amides is 3. The van der Waals surface area contributed by atoms with Crippen LogP contribution in [0.3, 0.4) is 0 Å². The number of rotatable bonds is 8. The van der Waals surface area contributed by atoms with Gasteiger partial charge in [-0.15, -0.1) is 0 Å². The van der Waals surface area contributed by atoms with E-state index in [0.717, 1.165) is 12.8 Å². The van der Waals surface area contributed by atoms with Gasteiger partial charge in [0.1, 0.15) is 12.1 Å². The first kappa shape index (κ1) is 18.9. The summed E-state index contributed by atoms with van der Waals surface area (Å²) in [6.45, 7) is 4.29. The number of nitrogens with one attached hydrogen (secondary N) is 1. The third-order valence-corrected chi connectivity index (χ3v) is 4.67. The molecule has 3 amide bonds. The van der Waals surface area contributed by atoms with Crippen molar-refractivity contribution in [1.29, 1.82) is 0 Å². The Morgan fingerprint density at radius 2 is 1.71 bits per heavy atom. The normalized spacial score (nSPS) is 16.4. The second-order valence-electron chi connectivity index (χ2n) is 5.87. The van der Waals surface area contributed by atoms with E-state index in [1.165, 1.54) is 4.90 Å². The van der Waals surface area contributed by atoms with Crippen LogP contribution in [0.5, 0.6) is 5.75 Å². The first-order chi connectivity index (χ1) is 11.4. The number of carbonyl (C=O) groups excluding carboxylic acids is 2. The predicted molar refractivity (Wildman–Crippen MR) is 94.7 cm³/mol. The van der Waals surface area contributed by atoms with Crippen LogP contribution in [0.1, 0.15) is 39.5 Å². The summed E-state index contributed by atoms with van der Waals surface area (Å²) in [5.74, 6) is 0.186. The second-order valence-corrected chi connectivity index (χ2v) is 6.68. The van der Waals surface area contributed by atoms with Crippen LogP contribution in [-0.2, 0) is 4.79 Å². The smallest absolute Gasteiger partial charge is 0.325 e. The molecule has 1 aromatic rings. The summed E-state index contributed by atoms with van der Waals surface area (Å²) in [7, 11) is 0. The fraction of sp³-hybridized carbons (Fsp3) is 0.529. The molecule has 0 bridgehead atoms. The van der Waals surface area contributed by atoms with E-state index in [9.17, 15) is 9.59 Å². The van der Waals surface area contributed by atoms with Crippen LogP contribution in [0.4, 0.5) is 4.79 Å². The first-order valence-corrected chi connectivity index (χ1v) is 8.91. The summed E-state index contributed by atoms with van der Waals surface area (Å²) in [4.78, 5) is 26.2. The quantitative estimate of drug-likeness (QED) is 0.693. The molecule has 0 unspecified atom stereocenters. The Morgan fingerprint density at radius 1 is 1.12 bits per heavy atom. The molecule has 0 atom stereocenters. The second kappa shape index (κ2) is 8.08. The van der Waals surface area contributed by atoms with E-state index in [2.05, 4.69) is 5.32 Å². The zero-order chi connectivity index (χ0) is 17.7. The van der Waals surface area contributed by atoms with Crippen LogP contribution in [0.25, 0.3) is 0 Å². The molecule has 0 spiro atoms. The number of ether oxygens (including phenoxy) is 1. The Morgan fingerprint density at radius 3 is 2.25 bits per heavy atom. The average Bonchev–Trinajstić information content (AvgIpc) is 2.75. The molecule has 1 heterocycles. The Hall–Kier alpha value is -1.46. The fourth-order valence-electron chi connectivity index (χ4n) is 3.06. The highest BCUT2D eigenvalue weighted by molar-refractivity contribution is 6.37. The standard InChI is InChI=1S/C17H22Cl2N2O3/c1-3-8-17(9-4-2)15(22)21(16(23)20-17)10-11-24-14-12(18)6-5-7-13(14)19/h5-7H,3-4,8-11H2,1-2H3,(H,20,23). The van der Waals surface area contributed by atoms with E-state index in [-0.39, 0.29) is 25.1 Å². The SMILES string of the molecule is CCCC1(CCC)NC(=O)N(CCOc2c(Cl)cccc2Cl)C1=O. The van der Waals surface area contributed by atoms with Crippen molar-refractivity contribution in [2.45, 2.75) is 45.1 Å². The third-order valence-electron chi connectivity index (χ3n) is 4.08. The van der Waals surface area contributed by atoms with Gasteiger partial charge in [-0.2, -0.15) is 0 Å². The van der Waals surface area contributed by atoms with E-state index in [1.807, 2.05) is 13.8 Å². The Kier molecular flexibility index (Phi) is 6.35. The largest absolute Gasteiger partial charge is 0.489 e. The molecule has 7 heteroatoms. The minimum Gasteiger partial charge on any atom is -0.489 e. The van der Waals surface area contributed by atoms with Crippen LogP contribution in [0.2, 0.25) is 10.0 Å². The van der Waals surface area contributed by atoms with Gasteiger partial charge in [0.05, 0.1) is 16.6 Å². The molecule has 1 aliphatic heterocycles. The Labute approximate surface area is 152 Å². The Balaban J connectivity index is 2.02. The number of hydrogen-bond donors (Lipinski definition) is 1. The van der Waals surface area contributed by atoms with E-state index in [1.54, 1.807) is 18.2 Å². The maximum Gasteiger partial charge on any atom is 0.325 e. The van der Waals surface area contributed by atoms with Gasteiger partial charge in [-0.25, -0.2) is 4.79 Å². The summed E-state index contributed by atoms with van der Waals surface area (Å²) >= 11 is 12.1. The molecule has 1 fully saturated rings. The molecule has 5 nitrogen and oxygen atoms in total. The number of benzene rings is 1. The number of urea groups is 1. The van der Waals surface area contributed by atoms with Gasteiger partial charge in [-0.3, -0.25) is 9.69 Å². The summed E-state index contributed by atoms with van der Waals surface area (Å²) in [6.07, 6.45) is 2.93. The molecule has 0 radical (unpaired) electrons. The average molecular weight is 373 g/mol. The number of hydrogen-bond acceptors (Lipinski definition) is 3. The van der Waals surface area contributed by atoms with Gasteiger partial charge in [0.15, 0.2) is 5.75 Å². The highest BCUT2D eigenvalue weighted by atomic mass is 35.5. The molecule has 132 valence electrons. The maximum atomic E-state index is 12.7. The van der Waals surface area contributed by atoms with Crippen LogP contribution in [-0.4, -0.2) is 35.5 Å². The lowest BCUT2D eigenvalue weighted by molar-refractivity contribution is -0.132.